The second-order valence-electron chi connectivity index (χ2n) is 16.9. The number of hydrogen-bond donors (Lipinski definition) is 1. The van der Waals surface area contributed by atoms with Crippen LogP contribution in [0.25, 0.3) is 0 Å². The van der Waals surface area contributed by atoms with Crippen LogP contribution in [0.5, 0.6) is 0 Å². The molecule has 0 aromatic heterocycles. The van der Waals surface area contributed by atoms with E-state index in [9.17, 15) is 19.5 Å². The standard InChI is InChI=1S/C41H72O8/c1-9-10-11-12-13-14-15-16-17-18-19-20-21-22-23-35(44)47-34-25-27-41(8,49-31(5)43)38-36-32(29(2)3)24-26-40(7,48-30(4)42)37(36)33(46-38)28-39(34,6)45/h29,32-34,36-38,45H,9-28H2,1-8H3. The van der Waals surface area contributed by atoms with Gasteiger partial charge in [0.25, 0.3) is 0 Å². The van der Waals surface area contributed by atoms with Gasteiger partial charge in [-0.05, 0) is 64.7 Å². The lowest BCUT2D eigenvalue weighted by Gasteiger charge is -2.51. The van der Waals surface area contributed by atoms with E-state index in [-0.39, 0.29) is 36.1 Å². The van der Waals surface area contributed by atoms with Crippen molar-refractivity contribution >= 4 is 17.9 Å². The zero-order valence-corrected chi connectivity index (χ0v) is 32.5. The molecule has 1 N–H and O–H groups in total. The molecule has 3 fully saturated rings. The summed E-state index contributed by atoms with van der Waals surface area (Å²) in [5, 5.41) is 12.0. The van der Waals surface area contributed by atoms with Crippen LogP contribution in [0.1, 0.15) is 184 Å². The Morgan fingerprint density at radius 3 is 1.76 bits per heavy atom. The first-order valence-electron chi connectivity index (χ1n) is 20.1. The smallest absolute Gasteiger partial charge is 0.306 e. The fraction of sp³-hybridized carbons (Fsp3) is 0.927. The third-order valence-corrected chi connectivity index (χ3v) is 12.1. The summed E-state index contributed by atoms with van der Waals surface area (Å²) < 4.78 is 25.1. The van der Waals surface area contributed by atoms with Crippen molar-refractivity contribution in [2.75, 3.05) is 0 Å². The Bertz CT molecular complexity index is 1040. The van der Waals surface area contributed by atoms with Gasteiger partial charge >= 0.3 is 17.9 Å². The van der Waals surface area contributed by atoms with Crippen LogP contribution in [0.4, 0.5) is 0 Å². The van der Waals surface area contributed by atoms with Crippen molar-refractivity contribution in [3.8, 4) is 0 Å². The molecule has 0 aromatic carbocycles. The minimum absolute atomic E-state index is 0.0392. The Hall–Kier alpha value is -1.67. The maximum atomic E-state index is 13.2. The fourth-order valence-corrected chi connectivity index (χ4v) is 9.57. The first kappa shape index (κ1) is 41.7. The molecule has 2 aliphatic heterocycles. The molecule has 8 heteroatoms. The zero-order valence-electron chi connectivity index (χ0n) is 32.5. The highest BCUT2D eigenvalue weighted by atomic mass is 16.6. The molecule has 0 amide bonds. The van der Waals surface area contributed by atoms with Gasteiger partial charge in [0.2, 0.25) is 0 Å². The highest BCUT2D eigenvalue weighted by Crippen LogP contribution is 2.58. The number of carbonyl (C=O) groups excluding carboxylic acids is 3. The summed E-state index contributed by atoms with van der Waals surface area (Å²) in [6, 6.07) is 0. The monoisotopic (exact) mass is 693 g/mol. The normalized spacial score (nSPS) is 34.4. The van der Waals surface area contributed by atoms with Gasteiger partial charge in [-0.25, -0.2) is 0 Å². The Balaban J connectivity index is 1.60. The van der Waals surface area contributed by atoms with Crippen LogP contribution in [-0.4, -0.2) is 58.1 Å². The minimum Gasteiger partial charge on any atom is -0.459 e. The largest absolute Gasteiger partial charge is 0.459 e. The van der Waals surface area contributed by atoms with E-state index in [0.717, 1.165) is 25.7 Å². The number of rotatable bonds is 19. The molecule has 1 saturated carbocycles. The number of fused-ring (bicyclic) bond motifs is 5. The summed E-state index contributed by atoms with van der Waals surface area (Å²) in [6.45, 7) is 15.2. The number of carbonyl (C=O) groups is 3. The van der Waals surface area contributed by atoms with Crippen LogP contribution < -0.4 is 0 Å². The highest BCUT2D eigenvalue weighted by molar-refractivity contribution is 5.69. The number of ether oxygens (including phenoxy) is 4. The molecule has 0 radical (unpaired) electrons. The molecular weight excluding hydrogens is 620 g/mol. The van der Waals surface area contributed by atoms with Crippen LogP contribution in [0.3, 0.4) is 0 Å². The van der Waals surface area contributed by atoms with E-state index in [1.165, 1.54) is 84.5 Å². The summed E-state index contributed by atoms with van der Waals surface area (Å²) >= 11 is 0. The van der Waals surface area contributed by atoms with Crippen molar-refractivity contribution in [2.24, 2.45) is 23.7 Å². The molecule has 1 aliphatic carbocycles. The number of esters is 3. The zero-order chi connectivity index (χ0) is 36.2. The van der Waals surface area contributed by atoms with E-state index < -0.39 is 41.1 Å². The SMILES string of the molecule is CCCCCCCCCCCCCCCCC(=O)OC1CCC(C)(OC(C)=O)C2OC(CC1(C)O)C1C2C(C(C)C)CCC1(C)OC(C)=O. The molecule has 8 nitrogen and oxygen atoms in total. The number of unbranched alkanes of at least 4 members (excludes halogenated alkanes) is 13. The van der Waals surface area contributed by atoms with Crippen LogP contribution in [0.15, 0.2) is 0 Å². The molecule has 9 atom stereocenters. The van der Waals surface area contributed by atoms with Crippen molar-refractivity contribution in [3.63, 3.8) is 0 Å². The maximum Gasteiger partial charge on any atom is 0.306 e. The Morgan fingerprint density at radius 2 is 1.24 bits per heavy atom. The van der Waals surface area contributed by atoms with Crippen LogP contribution >= 0.6 is 0 Å². The Labute approximate surface area is 298 Å². The van der Waals surface area contributed by atoms with Crippen molar-refractivity contribution in [2.45, 2.75) is 219 Å². The van der Waals surface area contributed by atoms with E-state index in [1.54, 1.807) is 6.92 Å². The third-order valence-electron chi connectivity index (χ3n) is 12.1. The predicted octanol–water partition coefficient (Wildman–Crippen LogP) is 9.41. The Kier molecular flexibility index (Phi) is 16.4. The van der Waals surface area contributed by atoms with Crippen molar-refractivity contribution < 1.29 is 38.4 Å². The number of hydrogen-bond acceptors (Lipinski definition) is 8. The van der Waals surface area contributed by atoms with Gasteiger partial charge in [0.05, 0.1) is 6.10 Å². The molecular formula is C41H72O8. The molecule has 0 spiro atoms. The molecule has 284 valence electrons. The van der Waals surface area contributed by atoms with Crippen LogP contribution in [-0.2, 0) is 33.3 Å². The number of aliphatic hydroxyl groups is 1. The summed E-state index contributed by atoms with van der Waals surface area (Å²) in [5.41, 5.74) is -3.20. The predicted molar refractivity (Wildman–Crippen MR) is 193 cm³/mol. The van der Waals surface area contributed by atoms with Crippen LogP contribution in [0.2, 0.25) is 0 Å². The van der Waals surface area contributed by atoms with Crippen molar-refractivity contribution in [1.29, 1.82) is 0 Å². The van der Waals surface area contributed by atoms with Gasteiger partial charge in [-0.1, -0.05) is 104 Å². The van der Waals surface area contributed by atoms with Gasteiger partial charge in [-0.3, -0.25) is 14.4 Å². The van der Waals surface area contributed by atoms with E-state index in [4.69, 9.17) is 18.9 Å². The topological polar surface area (TPSA) is 108 Å². The summed E-state index contributed by atoms with van der Waals surface area (Å²) in [7, 11) is 0. The lowest BCUT2D eigenvalue weighted by molar-refractivity contribution is -0.185. The van der Waals surface area contributed by atoms with Gasteiger partial charge in [-0.15, -0.1) is 0 Å². The molecule has 3 aliphatic rings. The van der Waals surface area contributed by atoms with Gasteiger partial charge in [0.15, 0.2) is 0 Å². The molecule has 2 bridgehead atoms. The lowest BCUT2D eigenvalue weighted by Crippen LogP contribution is -2.58. The van der Waals surface area contributed by atoms with Gasteiger partial charge < -0.3 is 24.1 Å². The van der Waals surface area contributed by atoms with Gasteiger partial charge in [0.1, 0.15) is 29.0 Å². The van der Waals surface area contributed by atoms with Crippen molar-refractivity contribution in [1.82, 2.24) is 0 Å². The fourth-order valence-electron chi connectivity index (χ4n) is 9.57. The molecule has 0 aromatic rings. The van der Waals surface area contributed by atoms with Gasteiger partial charge in [0, 0.05) is 38.5 Å². The van der Waals surface area contributed by atoms with Gasteiger partial charge in [-0.2, -0.15) is 0 Å². The Morgan fingerprint density at radius 1 is 0.755 bits per heavy atom. The van der Waals surface area contributed by atoms with E-state index >= 15 is 0 Å². The second kappa shape index (κ2) is 19.2. The quantitative estimate of drug-likeness (QED) is 0.0811. The second-order valence-corrected chi connectivity index (χ2v) is 16.9. The average molecular weight is 693 g/mol. The first-order chi connectivity index (χ1) is 23.1. The van der Waals surface area contributed by atoms with E-state index in [2.05, 4.69) is 20.8 Å². The molecule has 2 saturated heterocycles. The molecule has 9 unspecified atom stereocenters. The summed E-state index contributed by atoms with van der Waals surface area (Å²) in [5.74, 6) is -0.693. The molecule has 3 rings (SSSR count). The van der Waals surface area contributed by atoms with E-state index in [1.807, 2.05) is 13.8 Å². The summed E-state index contributed by atoms with van der Waals surface area (Å²) in [4.78, 5) is 38.1. The van der Waals surface area contributed by atoms with Crippen LogP contribution in [0, 0.1) is 23.7 Å². The molecule has 2 heterocycles. The maximum absolute atomic E-state index is 13.2. The lowest BCUT2D eigenvalue weighted by atomic mass is 9.57. The minimum atomic E-state index is -1.39. The average Bonchev–Trinajstić information content (AvgIpc) is 3.39. The molecule has 49 heavy (non-hydrogen) atoms. The van der Waals surface area contributed by atoms with E-state index in [0.29, 0.717) is 31.6 Å². The summed E-state index contributed by atoms with van der Waals surface area (Å²) in [6.07, 6.45) is 18.6. The van der Waals surface area contributed by atoms with Crippen molar-refractivity contribution in [3.05, 3.63) is 0 Å². The third kappa shape index (κ3) is 11.9. The first-order valence-corrected chi connectivity index (χ1v) is 20.1. The highest BCUT2D eigenvalue weighted by Gasteiger charge is 2.65.